The van der Waals surface area contributed by atoms with Crippen molar-refractivity contribution in [1.29, 1.82) is 0 Å². The third kappa shape index (κ3) is 5.95. The van der Waals surface area contributed by atoms with E-state index in [9.17, 15) is 0 Å². The largest absolute Gasteiger partial charge is 0.310 e. The molecule has 0 fully saturated rings. The summed E-state index contributed by atoms with van der Waals surface area (Å²) in [4.78, 5) is 2.45. The van der Waals surface area contributed by atoms with Gasteiger partial charge in [-0.25, -0.2) is 0 Å². The quantitative estimate of drug-likeness (QED) is 0.152. The monoisotopic (exact) mass is 714 g/mol. The van der Waals surface area contributed by atoms with E-state index in [1.165, 1.54) is 60.8 Å². The van der Waals surface area contributed by atoms with Gasteiger partial charge in [0.25, 0.3) is 0 Å². The second-order valence-electron chi connectivity index (χ2n) is 14.1. The van der Waals surface area contributed by atoms with Gasteiger partial charge < -0.3 is 9.47 Å². The minimum absolute atomic E-state index is 1.08. The van der Waals surface area contributed by atoms with E-state index < -0.39 is 0 Å². The molecule has 0 unspecified atom stereocenters. The number of hydrogen-bond donors (Lipinski definition) is 0. The second kappa shape index (κ2) is 14.4. The van der Waals surface area contributed by atoms with E-state index in [1.807, 2.05) is 0 Å². The SMILES string of the molecule is c1ccc(-c2ccc(N(c3ccc4c5ccccc5n(-c5ccccc5)c4c3)c3cccc(-c4ccccc4)c3-c3ccccc3-c3ccccc3)cc2)cc1. The molecule has 0 bridgehead atoms. The zero-order valence-corrected chi connectivity index (χ0v) is 30.8. The zero-order chi connectivity index (χ0) is 37.3. The second-order valence-corrected chi connectivity index (χ2v) is 14.1. The van der Waals surface area contributed by atoms with Crippen LogP contribution >= 0.6 is 0 Å². The number of benzene rings is 9. The van der Waals surface area contributed by atoms with Crippen LogP contribution in [-0.4, -0.2) is 4.57 Å². The molecule has 2 heteroatoms. The van der Waals surface area contributed by atoms with Gasteiger partial charge in [0.2, 0.25) is 0 Å². The van der Waals surface area contributed by atoms with Crippen molar-refractivity contribution in [2.75, 3.05) is 4.90 Å². The minimum Gasteiger partial charge on any atom is -0.310 e. The van der Waals surface area contributed by atoms with Crippen LogP contribution in [0.15, 0.2) is 231 Å². The van der Waals surface area contributed by atoms with Gasteiger partial charge in [-0.3, -0.25) is 0 Å². The average molecular weight is 715 g/mol. The van der Waals surface area contributed by atoms with Gasteiger partial charge in [0.15, 0.2) is 0 Å². The summed E-state index contributed by atoms with van der Waals surface area (Å²) in [6.45, 7) is 0. The van der Waals surface area contributed by atoms with Crippen molar-refractivity contribution in [3.05, 3.63) is 231 Å². The molecule has 0 aliphatic rings. The fraction of sp³-hybridized carbons (Fsp3) is 0. The fourth-order valence-electron chi connectivity index (χ4n) is 8.25. The molecule has 264 valence electrons. The summed E-state index contributed by atoms with van der Waals surface area (Å²) in [6, 6.07) is 83.2. The topological polar surface area (TPSA) is 8.17 Å². The molecular weight excluding hydrogens is 677 g/mol. The number of para-hydroxylation sites is 2. The molecule has 2 nitrogen and oxygen atoms in total. The van der Waals surface area contributed by atoms with Crippen molar-refractivity contribution in [3.63, 3.8) is 0 Å². The van der Waals surface area contributed by atoms with Crippen LogP contribution in [0, 0.1) is 0 Å². The highest BCUT2D eigenvalue weighted by molar-refractivity contribution is 6.11. The molecule has 10 aromatic rings. The molecule has 1 heterocycles. The van der Waals surface area contributed by atoms with Crippen LogP contribution in [0.2, 0.25) is 0 Å². The Labute approximate surface area is 327 Å². The Bertz CT molecular complexity index is 2930. The number of aromatic nitrogens is 1. The molecule has 0 spiro atoms. The van der Waals surface area contributed by atoms with Gasteiger partial charge in [0, 0.05) is 33.4 Å². The summed E-state index contributed by atoms with van der Waals surface area (Å²) in [5.74, 6) is 0. The molecule has 0 atom stereocenters. The number of fused-ring (bicyclic) bond motifs is 3. The smallest absolute Gasteiger partial charge is 0.0561 e. The van der Waals surface area contributed by atoms with Crippen molar-refractivity contribution >= 4 is 38.9 Å². The van der Waals surface area contributed by atoms with E-state index in [0.717, 1.165) is 28.3 Å². The van der Waals surface area contributed by atoms with Crippen molar-refractivity contribution in [3.8, 4) is 50.2 Å². The Morgan fingerprint density at radius 2 is 0.804 bits per heavy atom. The Morgan fingerprint density at radius 3 is 1.50 bits per heavy atom. The van der Waals surface area contributed by atoms with Crippen molar-refractivity contribution in [2.24, 2.45) is 0 Å². The third-order valence-corrected chi connectivity index (χ3v) is 10.8. The number of hydrogen-bond acceptors (Lipinski definition) is 1. The summed E-state index contributed by atoms with van der Waals surface area (Å²) >= 11 is 0. The third-order valence-electron chi connectivity index (χ3n) is 10.8. The first-order chi connectivity index (χ1) is 27.8. The summed E-state index contributed by atoms with van der Waals surface area (Å²) in [6.07, 6.45) is 0. The van der Waals surface area contributed by atoms with Crippen molar-refractivity contribution < 1.29 is 0 Å². The standard InChI is InChI=1S/C54H38N2/c1-5-18-39(19-6-1)40-32-34-44(35-33-40)55(45-36-37-49-48-27-15-16-30-51(48)56(53(49)38-45)43-24-11-4-12-25-43)52-31-17-29-47(42-22-9-3-10-23-42)54(52)50-28-14-13-26-46(50)41-20-7-2-8-21-41/h1-38H. The molecule has 0 amide bonds. The van der Waals surface area contributed by atoms with Crippen molar-refractivity contribution in [2.45, 2.75) is 0 Å². The number of rotatable bonds is 8. The van der Waals surface area contributed by atoms with Gasteiger partial charge >= 0.3 is 0 Å². The maximum Gasteiger partial charge on any atom is 0.0561 e. The van der Waals surface area contributed by atoms with Crippen LogP contribution in [0.5, 0.6) is 0 Å². The lowest BCUT2D eigenvalue weighted by atomic mass is 9.87. The van der Waals surface area contributed by atoms with Crippen LogP contribution in [-0.2, 0) is 0 Å². The zero-order valence-electron chi connectivity index (χ0n) is 30.8. The Hall–Kier alpha value is -7.42. The molecule has 10 rings (SSSR count). The first-order valence-electron chi connectivity index (χ1n) is 19.2. The molecule has 56 heavy (non-hydrogen) atoms. The van der Waals surface area contributed by atoms with Gasteiger partial charge in [-0.2, -0.15) is 0 Å². The minimum atomic E-state index is 1.08. The molecule has 1 aromatic heterocycles. The van der Waals surface area contributed by atoms with Gasteiger partial charge in [-0.1, -0.05) is 182 Å². The highest BCUT2D eigenvalue weighted by atomic mass is 15.1. The number of anilines is 3. The first kappa shape index (κ1) is 33.2. The highest BCUT2D eigenvalue weighted by Gasteiger charge is 2.24. The lowest BCUT2D eigenvalue weighted by Crippen LogP contribution is -2.12. The lowest BCUT2D eigenvalue weighted by Gasteiger charge is -2.30. The molecule has 0 N–H and O–H groups in total. The van der Waals surface area contributed by atoms with E-state index >= 15 is 0 Å². The van der Waals surface area contributed by atoms with Gasteiger partial charge in [-0.15, -0.1) is 0 Å². The molecular formula is C54H38N2. The lowest BCUT2D eigenvalue weighted by molar-refractivity contribution is 1.18. The Balaban J connectivity index is 1.27. The maximum absolute atomic E-state index is 2.45. The van der Waals surface area contributed by atoms with Crippen LogP contribution in [0.3, 0.4) is 0 Å². The van der Waals surface area contributed by atoms with E-state index in [2.05, 4.69) is 240 Å². The average Bonchev–Trinajstić information content (AvgIpc) is 3.61. The highest BCUT2D eigenvalue weighted by Crippen LogP contribution is 2.49. The van der Waals surface area contributed by atoms with Gasteiger partial charge in [0.1, 0.15) is 0 Å². The first-order valence-corrected chi connectivity index (χ1v) is 19.2. The van der Waals surface area contributed by atoms with E-state index in [1.54, 1.807) is 0 Å². The van der Waals surface area contributed by atoms with E-state index in [4.69, 9.17) is 0 Å². The van der Waals surface area contributed by atoms with Crippen LogP contribution in [0.4, 0.5) is 17.1 Å². The predicted molar refractivity (Wildman–Crippen MR) is 237 cm³/mol. The van der Waals surface area contributed by atoms with Gasteiger partial charge in [0.05, 0.1) is 16.7 Å². The van der Waals surface area contributed by atoms with Crippen molar-refractivity contribution in [1.82, 2.24) is 4.57 Å². The molecule has 0 radical (unpaired) electrons. The summed E-state index contributed by atoms with van der Waals surface area (Å²) in [7, 11) is 0. The molecule has 0 aliphatic heterocycles. The molecule has 0 saturated carbocycles. The predicted octanol–water partition coefficient (Wildman–Crippen LogP) is 14.9. The maximum atomic E-state index is 2.45. The van der Waals surface area contributed by atoms with E-state index in [0.29, 0.717) is 0 Å². The molecule has 0 aliphatic carbocycles. The number of nitrogens with zero attached hydrogens (tertiary/aromatic N) is 2. The van der Waals surface area contributed by atoms with Crippen LogP contribution in [0.25, 0.3) is 72.0 Å². The normalized spacial score (nSPS) is 11.2. The molecule has 0 saturated heterocycles. The Morgan fingerprint density at radius 1 is 0.304 bits per heavy atom. The fourth-order valence-corrected chi connectivity index (χ4v) is 8.25. The molecule has 9 aromatic carbocycles. The van der Waals surface area contributed by atoms with Crippen LogP contribution in [0.1, 0.15) is 0 Å². The Kier molecular flexibility index (Phi) is 8.55. The van der Waals surface area contributed by atoms with Gasteiger partial charge in [-0.05, 0) is 87.5 Å². The summed E-state index contributed by atoms with van der Waals surface area (Å²) in [5, 5.41) is 2.46. The summed E-state index contributed by atoms with van der Waals surface area (Å²) < 4.78 is 2.40. The van der Waals surface area contributed by atoms with Crippen LogP contribution < -0.4 is 4.90 Å². The summed E-state index contributed by atoms with van der Waals surface area (Å²) in [5.41, 5.74) is 16.2. The van der Waals surface area contributed by atoms with E-state index in [-0.39, 0.29) is 0 Å².